The number of carbonyl (C=O) groups is 2. The number of pyridine rings is 1. The predicted molar refractivity (Wildman–Crippen MR) is 95.9 cm³/mol. The number of benzene rings is 1. The van der Waals surface area contributed by atoms with Gasteiger partial charge >= 0.3 is 5.97 Å². The molecule has 1 N–H and O–H groups in total. The third-order valence-electron chi connectivity index (χ3n) is 3.31. The number of amides is 1. The van der Waals surface area contributed by atoms with E-state index in [1.54, 1.807) is 12.3 Å². The van der Waals surface area contributed by atoms with Crippen molar-refractivity contribution in [1.82, 2.24) is 25.3 Å². The van der Waals surface area contributed by atoms with E-state index in [9.17, 15) is 9.59 Å². The number of carbonyl (C=O) groups excluding carboxylic acids is 2. The van der Waals surface area contributed by atoms with Crippen LogP contribution < -0.4 is 5.32 Å². The summed E-state index contributed by atoms with van der Waals surface area (Å²) in [5, 5.41) is 10.3. The monoisotopic (exact) mass is 415 g/mol. The molecule has 3 aromatic rings. The Morgan fingerprint density at radius 3 is 2.77 bits per heavy atom. The van der Waals surface area contributed by atoms with Gasteiger partial charge in [-0.15, -0.1) is 5.10 Å². The molecule has 0 spiro atoms. The Morgan fingerprint density at radius 2 is 2.00 bits per heavy atom. The van der Waals surface area contributed by atoms with Crippen LogP contribution in [0.4, 0.5) is 0 Å². The molecule has 26 heavy (non-hydrogen) atoms. The highest BCUT2D eigenvalue weighted by Crippen LogP contribution is 2.09. The van der Waals surface area contributed by atoms with E-state index in [-0.39, 0.29) is 24.8 Å². The summed E-state index contributed by atoms with van der Waals surface area (Å²) in [5.41, 5.74) is 1.29. The van der Waals surface area contributed by atoms with Crippen LogP contribution in [0.2, 0.25) is 0 Å². The molecule has 0 fully saturated rings. The third-order valence-corrected chi connectivity index (χ3v) is 3.74. The van der Waals surface area contributed by atoms with Gasteiger partial charge < -0.3 is 10.1 Å². The van der Waals surface area contributed by atoms with Crippen molar-refractivity contribution < 1.29 is 14.3 Å². The average Bonchev–Trinajstić information content (AvgIpc) is 3.16. The zero-order valence-electron chi connectivity index (χ0n) is 13.5. The van der Waals surface area contributed by atoms with Crippen molar-refractivity contribution in [3.05, 3.63) is 70.7 Å². The lowest BCUT2D eigenvalue weighted by atomic mass is 10.3. The molecule has 0 aliphatic carbocycles. The van der Waals surface area contributed by atoms with Gasteiger partial charge in [0, 0.05) is 16.9 Å². The Labute approximate surface area is 157 Å². The fourth-order valence-electron chi connectivity index (χ4n) is 2.08. The van der Waals surface area contributed by atoms with Crippen LogP contribution in [0.5, 0.6) is 0 Å². The molecule has 0 radical (unpaired) electrons. The van der Waals surface area contributed by atoms with Crippen molar-refractivity contribution in [2.45, 2.75) is 0 Å². The van der Waals surface area contributed by atoms with E-state index < -0.39 is 5.97 Å². The van der Waals surface area contributed by atoms with E-state index in [4.69, 9.17) is 4.74 Å². The fraction of sp³-hybridized carbons (Fsp3) is 0.118. The highest BCUT2D eigenvalue weighted by Gasteiger charge is 2.13. The number of aromatic nitrogens is 4. The van der Waals surface area contributed by atoms with Gasteiger partial charge in [0.05, 0.1) is 24.0 Å². The number of para-hydroxylation sites is 1. The quantitative estimate of drug-likeness (QED) is 0.488. The summed E-state index contributed by atoms with van der Waals surface area (Å²) >= 11 is 3.25. The molecule has 3 rings (SSSR count). The number of hydrogen-bond acceptors (Lipinski definition) is 6. The van der Waals surface area contributed by atoms with Crippen molar-refractivity contribution in [3.8, 4) is 5.69 Å². The van der Waals surface area contributed by atoms with Gasteiger partial charge in [0.25, 0.3) is 5.91 Å². The van der Waals surface area contributed by atoms with E-state index in [2.05, 4.69) is 36.5 Å². The maximum atomic E-state index is 12.0. The Kier molecular flexibility index (Phi) is 5.69. The fourth-order valence-corrected chi connectivity index (χ4v) is 2.45. The molecule has 2 aromatic heterocycles. The second kappa shape index (κ2) is 8.34. The van der Waals surface area contributed by atoms with E-state index in [0.29, 0.717) is 10.0 Å². The smallest absolute Gasteiger partial charge is 0.360 e. The van der Waals surface area contributed by atoms with Gasteiger partial charge in [0.15, 0.2) is 5.69 Å². The Balaban J connectivity index is 1.47. The van der Waals surface area contributed by atoms with Crippen LogP contribution in [0.3, 0.4) is 0 Å². The van der Waals surface area contributed by atoms with Gasteiger partial charge in [-0.1, -0.05) is 23.4 Å². The van der Waals surface area contributed by atoms with Gasteiger partial charge in [-0.25, -0.2) is 9.48 Å². The van der Waals surface area contributed by atoms with Crippen LogP contribution in [0, 0.1) is 0 Å². The standard InChI is InChI=1S/C17H14BrN5O3/c18-13-8-12(9-19-10-13)16(24)20-6-7-26-17(25)15-11-23(22-21-15)14-4-2-1-3-5-14/h1-5,8-11H,6-7H2,(H,20,24). The molecule has 8 nitrogen and oxygen atoms in total. The van der Waals surface area contributed by atoms with E-state index >= 15 is 0 Å². The predicted octanol–water partition coefficient (Wildman–Crippen LogP) is 2.01. The van der Waals surface area contributed by atoms with Gasteiger partial charge in [0.1, 0.15) is 6.61 Å². The van der Waals surface area contributed by atoms with E-state index in [0.717, 1.165) is 5.69 Å². The molecule has 2 heterocycles. The van der Waals surface area contributed by atoms with Crippen LogP contribution in [-0.4, -0.2) is 45.0 Å². The first kappa shape index (κ1) is 17.7. The molecule has 0 aliphatic heterocycles. The molecule has 0 saturated carbocycles. The lowest BCUT2D eigenvalue weighted by Gasteiger charge is -2.05. The van der Waals surface area contributed by atoms with Gasteiger partial charge in [0.2, 0.25) is 0 Å². The molecular weight excluding hydrogens is 402 g/mol. The number of ether oxygens (including phenoxy) is 1. The lowest BCUT2D eigenvalue weighted by Crippen LogP contribution is -2.28. The topological polar surface area (TPSA) is 99.0 Å². The second-order valence-corrected chi connectivity index (χ2v) is 6.08. The average molecular weight is 416 g/mol. The number of halogens is 1. The molecule has 0 bridgehead atoms. The first-order valence-electron chi connectivity index (χ1n) is 7.67. The van der Waals surface area contributed by atoms with Crippen molar-refractivity contribution in [2.75, 3.05) is 13.2 Å². The Morgan fingerprint density at radius 1 is 1.19 bits per heavy atom. The summed E-state index contributed by atoms with van der Waals surface area (Å²) in [7, 11) is 0. The van der Waals surface area contributed by atoms with Crippen LogP contribution in [0.1, 0.15) is 20.8 Å². The molecule has 0 saturated heterocycles. The second-order valence-electron chi connectivity index (χ2n) is 5.17. The zero-order valence-corrected chi connectivity index (χ0v) is 15.1. The largest absolute Gasteiger partial charge is 0.459 e. The SMILES string of the molecule is O=C(NCCOC(=O)c1cn(-c2ccccc2)nn1)c1cncc(Br)c1. The highest BCUT2D eigenvalue weighted by atomic mass is 79.9. The Hall–Kier alpha value is -3.07. The molecular formula is C17H14BrN5O3. The summed E-state index contributed by atoms with van der Waals surface area (Å²) in [6, 6.07) is 10.9. The minimum atomic E-state index is -0.606. The van der Waals surface area contributed by atoms with Crippen LogP contribution >= 0.6 is 15.9 Å². The molecule has 0 atom stereocenters. The summed E-state index contributed by atoms with van der Waals surface area (Å²) in [4.78, 5) is 27.8. The molecule has 132 valence electrons. The minimum Gasteiger partial charge on any atom is -0.459 e. The molecule has 1 aromatic carbocycles. The number of nitrogens with one attached hydrogen (secondary N) is 1. The third kappa shape index (κ3) is 4.51. The molecule has 0 unspecified atom stereocenters. The number of esters is 1. The number of hydrogen-bond donors (Lipinski definition) is 1. The maximum Gasteiger partial charge on any atom is 0.360 e. The normalized spacial score (nSPS) is 10.3. The number of nitrogens with zero attached hydrogens (tertiary/aromatic N) is 4. The van der Waals surface area contributed by atoms with Gasteiger partial charge in [-0.2, -0.15) is 0 Å². The Bertz CT molecular complexity index is 914. The summed E-state index contributed by atoms with van der Waals surface area (Å²) in [6.07, 6.45) is 4.53. The maximum absolute atomic E-state index is 12.0. The molecule has 0 aliphatic rings. The van der Waals surface area contributed by atoms with Crippen molar-refractivity contribution in [2.24, 2.45) is 0 Å². The van der Waals surface area contributed by atoms with Crippen molar-refractivity contribution in [3.63, 3.8) is 0 Å². The van der Waals surface area contributed by atoms with E-state index in [1.807, 2.05) is 30.3 Å². The first-order chi connectivity index (χ1) is 12.6. The summed E-state index contributed by atoms with van der Waals surface area (Å²) < 4.78 is 7.28. The lowest BCUT2D eigenvalue weighted by molar-refractivity contribution is 0.0496. The minimum absolute atomic E-state index is 0.0181. The van der Waals surface area contributed by atoms with Gasteiger partial charge in [-0.05, 0) is 34.1 Å². The summed E-state index contributed by atoms with van der Waals surface area (Å²) in [5.74, 6) is -0.907. The number of rotatable bonds is 6. The first-order valence-corrected chi connectivity index (χ1v) is 8.46. The zero-order chi connectivity index (χ0) is 18.4. The summed E-state index contributed by atoms with van der Waals surface area (Å²) in [6.45, 7) is 0.189. The van der Waals surface area contributed by atoms with Crippen LogP contribution in [0.15, 0.2) is 59.5 Å². The van der Waals surface area contributed by atoms with Crippen LogP contribution in [-0.2, 0) is 4.74 Å². The molecule has 9 heteroatoms. The highest BCUT2D eigenvalue weighted by molar-refractivity contribution is 9.10. The van der Waals surface area contributed by atoms with E-state index in [1.165, 1.54) is 17.1 Å². The van der Waals surface area contributed by atoms with Crippen LogP contribution in [0.25, 0.3) is 5.69 Å². The van der Waals surface area contributed by atoms with Gasteiger partial charge in [-0.3, -0.25) is 9.78 Å². The van der Waals surface area contributed by atoms with Crippen molar-refractivity contribution >= 4 is 27.8 Å². The molecule has 1 amide bonds. The van der Waals surface area contributed by atoms with Crippen molar-refractivity contribution in [1.29, 1.82) is 0 Å².